The Kier molecular flexibility index (Phi) is 8.39. The predicted octanol–water partition coefficient (Wildman–Crippen LogP) is 6.25. The van der Waals surface area contributed by atoms with Crippen molar-refractivity contribution >= 4 is 26.8 Å². The van der Waals surface area contributed by atoms with Crippen LogP contribution < -0.4 is 10.4 Å². The van der Waals surface area contributed by atoms with Gasteiger partial charge >= 0.3 is 0 Å². The van der Waals surface area contributed by atoms with E-state index in [0.717, 1.165) is 6.42 Å². The highest BCUT2D eigenvalue weighted by Gasteiger charge is 2.39. The van der Waals surface area contributed by atoms with Gasteiger partial charge in [-0.25, -0.2) is 0 Å². The van der Waals surface area contributed by atoms with E-state index in [1.165, 1.54) is 42.5 Å². The second-order valence-corrected chi connectivity index (χ2v) is 18.7. The third-order valence-corrected chi connectivity index (χ3v) is 11.0. The van der Waals surface area contributed by atoms with Crippen molar-refractivity contribution in [2.24, 2.45) is 11.8 Å². The molecule has 3 heteroatoms. The number of rotatable bonds is 7. The van der Waals surface area contributed by atoms with Crippen molar-refractivity contribution in [3.8, 4) is 11.5 Å². The lowest BCUT2D eigenvalue weighted by Gasteiger charge is -2.39. The summed E-state index contributed by atoms with van der Waals surface area (Å²) >= 11 is 0. The summed E-state index contributed by atoms with van der Waals surface area (Å²) in [7, 11) is -3.67. The lowest BCUT2D eigenvalue weighted by Crippen LogP contribution is -2.60. The molecule has 3 rings (SSSR count). The summed E-state index contributed by atoms with van der Waals surface area (Å²) in [5.41, 5.74) is 3.60. The topological polar surface area (TPSA) is 9.23 Å². The standard InChI is InChI=1S/C28H40OSi2/c1-24(21-22-30(2,3)4)23-28(25-15-9-6-10-16-25)29-31(5,26-17-11-7-12-18-26)27-19-13-8-14-20-27/h7-8,11-14,17-20,24-25,28H,6,9-10,15-16,23H2,1-5H3/t24-,28+/m1/s1. The van der Waals surface area contributed by atoms with Gasteiger partial charge in [0, 0.05) is 12.0 Å². The molecule has 2 atom stereocenters. The highest BCUT2D eigenvalue weighted by molar-refractivity contribution is 6.96. The van der Waals surface area contributed by atoms with Gasteiger partial charge in [-0.2, -0.15) is 0 Å². The summed E-state index contributed by atoms with van der Waals surface area (Å²) in [6.45, 7) is 11.7. The Balaban J connectivity index is 1.93. The highest BCUT2D eigenvalue weighted by Crippen LogP contribution is 2.32. The molecule has 0 radical (unpaired) electrons. The average Bonchev–Trinajstić information content (AvgIpc) is 2.78. The van der Waals surface area contributed by atoms with E-state index < -0.39 is 16.4 Å². The minimum Gasteiger partial charge on any atom is -0.405 e. The molecule has 1 fully saturated rings. The third-order valence-electron chi connectivity index (χ3n) is 6.49. The van der Waals surface area contributed by atoms with Gasteiger partial charge in [-0.3, -0.25) is 0 Å². The summed E-state index contributed by atoms with van der Waals surface area (Å²) < 4.78 is 7.33. The largest absolute Gasteiger partial charge is 0.405 e. The number of hydrogen-bond donors (Lipinski definition) is 0. The Morgan fingerprint density at radius 2 is 1.35 bits per heavy atom. The summed E-state index contributed by atoms with van der Waals surface area (Å²) in [5, 5.41) is 2.73. The Morgan fingerprint density at radius 1 is 0.839 bits per heavy atom. The summed E-state index contributed by atoms with van der Waals surface area (Å²) in [6, 6.07) is 21.9. The molecule has 0 bridgehead atoms. The first-order valence-corrected chi connectivity index (χ1v) is 18.0. The van der Waals surface area contributed by atoms with Gasteiger partial charge in [0.05, 0.1) is 0 Å². The van der Waals surface area contributed by atoms with Gasteiger partial charge in [0.25, 0.3) is 8.32 Å². The van der Waals surface area contributed by atoms with Crippen molar-refractivity contribution in [1.82, 2.24) is 0 Å². The van der Waals surface area contributed by atoms with Crippen LogP contribution in [-0.4, -0.2) is 22.5 Å². The Hall–Kier alpha value is -1.61. The van der Waals surface area contributed by atoms with E-state index in [1.54, 1.807) is 0 Å². The first-order chi connectivity index (χ1) is 14.8. The molecular weight excluding hydrogens is 408 g/mol. The van der Waals surface area contributed by atoms with Gasteiger partial charge in [0.1, 0.15) is 8.07 Å². The average molecular weight is 449 g/mol. The van der Waals surface area contributed by atoms with Crippen molar-refractivity contribution in [3.63, 3.8) is 0 Å². The molecule has 1 nitrogen and oxygen atoms in total. The molecule has 2 aromatic rings. The number of hydrogen-bond acceptors (Lipinski definition) is 1. The Morgan fingerprint density at radius 3 is 1.84 bits per heavy atom. The monoisotopic (exact) mass is 448 g/mol. The van der Waals surface area contributed by atoms with E-state index in [9.17, 15) is 0 Å². The molecular formula is C28H40OSi2. The molecule has 0 spiro atoms. The Labute approximate surface area is 192 Å². The third kappa shape index (κ3) is 6.94. The molecule has 1 aliphatic rings. The summed E-state index contributed by atoms with van der Waals surface area (Å²) in [5.74, 6) is 4.64. The second-order valence-electron chi connectivity index (χ2n) is 10.5. The fourth-order valence-corrected chi connectivity index (χ4v) is 8.54. The van der Waals surface area contributed by atoms with Crippen molar-refractivity contribution in [2.45, 2.75) is 77.7 Å². The fourth-order valence-electron chi connectivity index (χ4n) is 4.71. The molecule has 0 unspecified atom stereocenters. The molecule has 0 heterocycles. The maximum absolute atomic E-state index is 7.33. The van der Waals surface area contributed by atoms with Crippen molar-refractivity contribution in [2.75, 3.05) is 0 Å². The normalized spacial score (nSPS) is 17.5. The Bertz CT molecular complexity index is 815. The van der Waals surface area contributed by atoms with E-state index in [2.05, 4.69) is 105 Å². The van der Waals surface area contributed by atoms with E-state index in [1.807, 2.05) is 0 Å². The van der Waals surface area contributed by atoms with Gasteiger partial charge < -0.3 is 4.43 Å². The second kappa shape index (κ2) is 10.8. The summed E-state index contributed by atoms with van der Waals surface area (Å²) in [4.78, 5) is 0. The van der Waals surface area contributed by atoms with E-state index in [-0.39, 0.29) is 6.10 Å². The quantitative estimate of drug-likeness (QED) is 0.359. The first-order valence-electron chi connectivity index (χ1n) is 12.1. The molecule has 31 heavy (non-hydrogen) atoms. The zero-order valence-electron chi connectivity index (χ0n) is 20.2. The zero-order chi connectivity index (χ0) is 22.3. The molecule has 0 N–H and O–H groups in total. The van der Waals surface area contributed by atoms with Crippen molar-refractivity contribution in [3.05, 3.63) is 60.7 Å². The molecule has 1 saturated carbocycles. The van der Waals surface area contributed by atoms with Crippen LogP contribution in [0.25, 0.3) is 0 Å². The van der Waals surface area contributed by atoms with Crippen LogP contribution in [-0.2, 0) is 4.43 Å². The van der Waals surface area contributed by atoms with Gasteiger partial charge in [-0.05, 0) is 42.1 Å². The maximum atomic E-state index is 7.33. The van der Waals surface area contributed by atoms with E-state index >= 15 is 0 Å². The molecule has 0 saturated heterocycles. The zero-order valence-corrected chi connectivity index (χ0v) is 22.2. The van der Waals surface area contributed by atoms with Crippen LogP contribution in [0, 0.1) is 23.3 Å². The van der Waals surface area contributed by atoms with Crippen molar-refractivity contribution < 1.29 is 4.43 Å². The van der Waals surface area contributed by atoms with Crippen LogP contribution in [0.3, 0.4) is 0 Å². The van der Waals surface area contributed by atoms with E-state index in [0.29, 0.717) is 11.8 Å². The summed E-state index contributed by atoms with van der Waals surface area (Å²) in [6.07, 6.45) is 7.98. The smallest absolute Gasteiger partial charge is 0.253 e. The van der Waals surface area contributed by atoms with Crippen LogP contribution in [0.2, 0.25) is 26.2 Å². The van der Waals surface area contributed by atoms with Crippen LogP contribution in [0.1, 0.15) is 45.4 Å². The van der Waals surface area contributed by atoms with Crippen LogP contribution in [0.4, 0.5) is 0 Å². The molecule has 166 valence electrons. The first kappa shape index (κ1) is 24.0. The lowest BCUT2D eigenvalue weighted by molar-refractivity contribution is 0.0893. The van der Waals surface area contributed by atoms with Gasteiger partial charge in [-0.1, -0.05) is 106 Å². The van der Waals surface area contributed by atoms with Gasteiger partial charge in [-0.15, -0.1) is 11.5 Å². The van der Waals surface area contributed by atoms with Gasteiger partial charge in [0.2, 0.25) is 0 Å². The molecule has 1 aliphatic carbocycles. The molecule has 2 aromatic carbocycles. The fraction of sp³-hybridized carbons (Fsp3) is 0.500. The van der Waals surface area contributed by atoms with Crippen molar-refractivity contribution in [1.29, 1.82) is 0 Å². The van der Waals surface area contributed by atoms with Crippen LogP contribution in [0.5, 0.6) is 0 Å². The lowest BCUT2D eigenvalue weighted by atomic mass is 9.82. The predicted molar refractivity (Wildman–Crippen MR) is 140 cm³/mol. The SMILES string of the molecule is C[C@H](C#C[Si](C)(C)C)C[C@H](O[Si](C)(c1ccccc1)c1ccccc1)C1CCCCC1. The van der Waals surface area contributed by atoms with E-state index in [4.69, 9.17) is 4.43 Å². The highest BCUT2D eigenvalue weighted by atomic mass is 28.4. The maximum Gasteiger partial charge on any atom is 0.253 e. The molecule has 0 aromatic heterocycles. The molecule has 0 aliphatic heterocycles. The number of benzene rings is 2. The minimum atomic E-state index is -2.31. The van der Waals surface area contributed by atoms with Crippen LogP contribution in [0.15, 0.2) is 60.7 Å². The molecule has 0 amide bonds. The van der Waals surface area contributed by atoms with Crippen LogP contribution >= 0.6 is 0 Å². The van der Waals surface area contributed by atoms with Gasteiger partial charge in [0.15, 0.2) is 0 Å². The minimum absolute atomic E-state index is 0.281.